The molecule has 2 aromatic rings. The van der Waals surface area contributed by atoms with E-state index in [0.29, 0.717) is 37.1 Å². The number of hydrogen-bond acceptors (Lipinski definition) is 5. The second kappa shape index (κ2) is 11.4. The Balaban J connectivity index is 1.78. The first-order chi connectivity index (χ1) is 16.4. The zero-order chi connectivity index (χ0) is 24.7. The Bertz CT molecular complexity index is 1080. The van der Waals surface area contributed by atoms with Crippen LogP contribution in [0.4, 0.5) is 5.69 Å². The molecule has 0 aromatic heterocycles. The third-order valence-electron chi connectivity index (χ3n) is 6.12. The topological polar surface area (TPSA) is 90.2 Å². The van der Waals surface area contributed by atoms with Crippen LogP contribution in [0, 0.1) is 24.3 Å². The summed E-state index contributed by atoms with van der Waals surface area (Å²) in [6.45, 7) is 7.94. The molecular weight excluding hydrogens is 430 g/mol. The maximum absolute atomic E-state index is 13.3. The molecule has 0 bridgehead atoms. The molecular formula is C26H33N5O3. The van der Waals surface area contributed by atoms with Gasteiger partial charge in [-0.1, -0.05) is 38.1 Å². The SMILES string of the molecule is COc1ccc(CC(=O)N2CCN(C(=Nc3ccccc3C)NC#N)CC2C(C)C)cc1OC. The van der Waals surface area contributed by atoms with Gasteiger partial charge in [0.05, 0.1) is 32.4 Å². The lowest BCUT2D eigenvalue weighted by molar-refractivity contribution is -0.135. The highest BCUT2D eigenvalue weighted by atomic mass is 16.5. The number of nitrogens with zero attached hydrogens (tertiary/aromatic N) is 4. The smallest absolute Gasteiger partial charge is 0.227 e. The summed E-state index contributed by atoms with van der Waals surface area (Å²) in [6, 6.07) is 13.4. The van der Waals surface area contributed by atoms with Gasteiger partial charge in [0.1, 0.15) is 0 Å². The van der Waals surface area contributed by atoms with Crippen molar-refractivity contribution in [1.82, 2.24) is 15.1 Å². The molecule has 1 aliphatic rings. The molecule has 34 heavy (non-hydrogen) atoms. The number of amides is 1. The predicted molar refractivity (Wildman–Crippen MR) is 132 cm³/mol. The molecule has 0 spiro atoms. The molecule has 3 rings (SSSR count). The van der Waals surface area contributed by atoms with Crippen molar-refractivity contribution < 1.29 is 14.3 Å². The third kappa shape index (κ3) is 5.79. The second-order valence-electron chi connectivity index (χ2n) is 8.67. The first-order valence-corrected chi connectivity index (χ1v) is 11.4. The number of methoxy groups -OCH3 is 2. The number of aryl methyl sites for hydroxylation is 1. The number of nitrogens with one attached hydrogen (secondary N) is 1. The third-order valence-corrected chi connectivity index (χ3v) is 6.12. The summed E-state index contributed by atoms with van der Waals surface area (Å²) in [6.07, 6.45) is 2.29. The molecule has 1 atom stereocenters. The number of guanidine groups is 1. The minimum absolute atomic E-state index is 0.0102. The molecule has 180 valence electrons. The zero-order valence-corrected chi connectivity index (χ0v) is 20.5. The predicted octanol–water partition coefficient (Wildman–Crippen LogP) is 3.48. The quantitative estimate of drug-likeness (QED) is 0.305. The molecule has 0 radical (unpaired) electrons. The Morgan fingerprint density at radius 2 is 1.91 bits per heavy atom. The largest absolute Gasteiger partial charge is 0.493 e. The van der Waals surface area contributed by atoms with Gasteiger partial charge in [0.25, 0.3) is 0 Å². The molecule has 1 amide bonds. The summed E-state index contributed by atoms with van der Waals surface area (Å²) in [5.74, 6) is 2.06. The van der Waals surface area contributed by atoms with Crippen molar-refractivity contribution in [3.05, 3.63) is 53.6 Å². The fourth-order valence-electron chi connectivity index (χ4n) is 4.18. The van der Waals surface area contributed by atoms with E-state index in [2.05, 4.69) is 24.1 Å². The van der Waals surface area contributed by atoms with Crippen LogP contribution >= 0.6 is 0 Å². The molecule has 0 saturated carbocycles. The highest BCUT2D eigenvalue weighted by Gasteiger charge is 2.33. The van der Waals surface area contributed by atoms with Crippen molar-refractivity contribution in [3.8, 4) is 17.7 Å². The number of para-hydroxylation sites is 1. The van der Waals surface area contributed by atoms with Gasteiger partial charge >= 0.3 is 0 Å². The molecule has 1 saturated heterocycles. The van der Waals surface area contributed by atoms with E-state index in [-0.39, 0.29) is 24.3 Å². The van der Waals surface area contributed by atoms with Crippen LogP contribution in [0.15, 0.2) is 47.5 Å². The highest BCUT2D eigenvalue weighted by molar-refractivity contribution is 5.85. The average Bonchev–Trinajstić information content (AvgIpc) is 2.84. The summed E-state index contributed by atoms with van der Waals surface area (Å²) in [5.41, 5.74) is 2.72. The molecule has 1 aliphatic heterocycles. The van der Waals surface area contributed by atoms with E-state index in [9.17, 15) is 10.1 Å². The average molecular weight is 464 g/mol. The Hall–Kier alpha value is -3.73. The number of carbonyl (C=O) groups excluding carboxylic acids is 1. The number of rotatable bonds is 6. The Labute approximate surface area is 201 Å². The number of hydrogen-bond donors (Lipinski definition) is 1. The van der Waals surface area contributed by atoms with E-state index in [1.165, 1.54) is 0 Å². The van der Waals surface area contributed by atoms with Crippen molar-refractivity contribution in [2.75, 3.05) is 33.9 Å². The van der Waals surface area contributed by atoms with Crippen molar-refractivity contribution in [1.29, 1.82) is 5.26 Å². The molecule has 1 heterocycles. The van der Waals surface area contributed by atoms with Crippen LogP contribution in [-0.4, -0.2) is 61.6 Å². The molecule has 2 aromatic carbocycles. The van der Waals surface area contributed by atoms with Gasteiger partial charge < -0.3 is 19.3 Å². The number of aliphatic imine (C=N–C) groups is 1. The van der Waals surface area contributed by atoms with Gasteiger partial charge in [-0.25, -0.2) is 4.99 Å². The Kier molecular flexibility index (Phi) is 8.36. The van der Waals surface area contributed by atoms with Crippen LogP contribution in [0.5, 0.6) is 11.5 Å². The monoisotopic (exact) mass is 463 g/mol. The minimum Gasteiger partial charge on any atom is -0.493 e. The van der Waals surface area contributed by atoms with Crippen LogP contribution in [0.3, 0.4) is 0 Å². The van der Waals surface area contributed by atoms with Gasteiger partial charge in [0.2, 0.25) is 11.9 Å². The summed E-state index contributed by atoms with van der Waals surface area (Å²) < 4.78 is 10.7. The lowest BCUT2D eigenvalue weighted by Crippen LogP contribution is -2.60. The van der Waals surface area contributed by atoms with E-state index >= 15 is 0 Å². The number of ether oxygens (including phenoxy) is 2. The standard InChI is InChI=1S/C26H33N5O3/c1-18(2)22-16-30(26(28-17-27)29-21-9-7-6-8-19(21)3)12-13-31(22)25(32)15-20-10-11-23(33-4)24(14-20)34-5/h6-11,14,18,22H,12-13,15-16H2,1-5H3,(H,28,29). The van der Waals surface area contributed by atoms with Crippen LogP contribution in [0.1, 0.15) is 25.0 Å². The van der Waals surface area contributed by atoms with Gasteiger partial charge in [-0.05, 0) is 42.2 Å². The van der Waals surface area contributed by atoms with Gasteiger partial charge in [0, 0.05) is 19.6 Å². The first-order valence-electron chi connectivity index (χ1n) is 11.4. The normalized spacial score (nSPS) is 16.3. The van der Waals surface area contributed by atoms with Crippen molar-refractivity contribution in [2.24, 2.45) is 10.9 Å². The molecule has 1 N–H and O–H groups in total. The van der Waals surface area contributed by atoms with Crippen molar-refractivity contribution in [3.63, 3.8) is 0 Å². The van der Waals surface area contributed by atoms with Crippen LogP contribution < -0.4 is 14.8 Å². The number of benzene rings is 2. The van der Waals surface area contributed by atoms with E-state index in [4.69, 9.17) is 14.5 Å². The van der Waals surface area contributed by atoms with Gasteiger partial charge in [0.15, 0.2) is 17.7 Å². The Morgan fingerprint density at radius 3 is 2.56 bits per heavy atom. The minimum atomic E-state index is -0.0102. The van der Waals surface area contributed by atoms with Crippen molar-refractivity contribution >= 4 is 17.6 Å². The van der Waals surface area contributed by atoms with Crippen LogP contribution in [-0.2, 0) is 11.2 Å². The lowest BCUT2D eigenvalue weighted by atomic mass is 9.98. The maximum Gasteiger partial charge on any atom is 0.227 e. The van der Waals surface area contributed by atoms with Crippen LogP contribution in [0.25, 0.3) is 0 Å². The molecule has 0 aliphatic carbocycles. The van der Waals surface area contributed by atoms with E-state index in [1.807, 2.05) is 60.5 Å². The summed E-state index contributed by atoms with van der Waals surface area (Å²) >= 11 is 0. The molecule has 1 fully saturated rings. The van der Waals surface area contributed by atoms with E-state index < -0.39 is 0 Å². The number of nitriles is 1. The van der Waals surface area contributed by atoms with Gasteiger partial charge in [-0.2, -0.15) is 5.26 Å². The highest BCUT2D eigenvalue weighted by Crippen LogP contribution is 2.28. The summed E-state index contributed by atoms with van der Waals surface area (Å²) in [4.78, 5) is 22.0. The molecule has 1 unspecified atom stereocenters. The maximum atomic E-state index is 13.3. The summed E-state index contributed by atoms with van der Waals surface area (Å²) in [5, 5.41) is 12.1. The fraction of sp³-hybridized carbons (Fsp3) is 0.423. The van der Waals surface area contributed by atoms with E-state index in [0.717, 1.165) is 16.8 Å². The summed E-state index contributed by atoms with van der Waals surface area (Å²) in [7, 11) is 3.18. The molecule has 8 heteroatoms. The first kappa shape index (κ1) is 24.9. The number of carbonyl (C=O) groups is 1. The molecule has 8 nitrogen and oxygen atoms in total. The van der Waals surface area contributed by atoms with Gasteiger partial charge in [-0.15, -0.1) is 0 Å². The van der Waals surface area contributed by atoms with Crippen molar-refractivity contribution in [2.45, 2.75) is 33.2 Å². The Morgan fingerprint density at radius 1 is 1.18 bits per heavy atom. The number of piperazine rings is 1. The lowest BCUT2D eigenvalue weighted by Gasteiger charge is -2.44. The second-order valence-corrected chi connectivity index (χ2v) is 8.67. The van der Waals surface area contributed by atoms with Gasteiger partial charge in [-0.3, -0.25) is 10.1 Å². The van der Waals surface area contributed by atoms with E-state index in [1.54, 1.807) is 14.2 Å². The zero-order valence-electron chi connectivity index (χ0n) is 20.5. The fourth-order valence-corrected chi connectivity index (χ4v) is 4.18. The van der Waals surface area contributed by atoms with Crippen LogP contribution in [0.2, 0.25) is 0 Å².